The van der Waals surface area contributed by atoms with E-state index in [4.69, 9.17) is 9.97 Å². The molecule has 0 fully saturated rings. The summed E-state index contributed by atoms with van der Waals surface area (Å²) >= 11 is 0. The van der Waals surface area contributed by atoms with Crippen molar-refractivity contribution in [2.45, 2.75) is 0 Å². The number of hydrogen-bond donors (Lipinski definition) is 0. The third kappa shape index (κ3) is 3.58. The quantitative estimate of drug-likeness (QED) is 0.180. The van der Waals surface area contributed by atoms with Gasteiger partial charge in [0.25, 0.3) is 0 Å². The zero-order valence-electron chi connectivity index (χ0n) is 27.1. The Bertz CT molecular complexity index is 2760. The normalized spacial score (nSPS) is 13.4. The zero-order valence-corrected chi connectivity index (χ0v) is 28.1. The molecule has 2 aromatic heterocycles. The van der Waals surface area contributed by atoms with Crippen molar-refractivity contribution < 1.29 is 0 Å². The Morgan fingerprint density at radius 3 is 1.62 bits per heavy atom. The van der Waals surface area contributed by atoms with E-state index in [9.17, 15) is 0 Å². The van der Waals surface area contributed by atoms with Crippen molar-refractivity contribution in [3.8, 4) is 50.6 Å². The van der Waals surface area contributed by atoms with Gasteiger partial charge >= 0.3 is 0 Å². The first-order valence-corrected chi connectivity index (χ1v) is 19.2. The average Bonchev–Trinajstić information content (AvgIpc) is 3.80. The van der Waals surface area contributed by atoms with Gasteiger partial charge in [-0.3, -0.25) is 0 Å². The van der Waals surface area contributed by atoms with Crippen LogP contribution in [0.25, 0.3) is 72.5 Å². The second-order valence-electron chi connectivity index (χ2n) is 13.3. The lowest BCUT2D eigenvalue weighted by atomic mass is 10.0. The molecule has 1 spiro atoms. The SMILES string of the molecule is c1ccc(-c2nc(-c3ccc4c(c3)[Si]3(c5ccccc5-c5ccccc53)c3ccccc3-4)nc3c4ccccc4n(-c4ccccc4)c23)cc1. The van der Waals surface area contributed by atoms with Gasteiger partial charge in [-0.2, -0.15) is 0 Å². The van der Waals surface area contributed by atoms with Gasteiger partial charge in [0.05, 0.1) is 16.7 Å². The molecule has 50 heavy (non-hydrogen) atoms. The molecule has 2 aliphatic heterocycles. The zero-order chi connectivity index (χ0) is 32.8. The molecule has 9 aromatic rings. The minimum Gasteiger partial charge on any atom is -0.306 e. The summed E-state index contributed by atoms with van der Waals surface area (Å²) in [6.07, 6.45) is 0. The van der Waals surface area contributed by atoms with E-state index in [1.54, 1.807) is 0 Å². The molecule has 4 heteroatoms. The van der Waals surface area contributed by atoms with Gasteiger partial charge in [0.2, 0.25) is 0 Å². The van der Waals surface area contributed by atoms with Crippen LogP contribution in [0, 0.1) is 0 Å². The number of fused-ring (bicyclic) bond motifs is 13. The largest absolute Gasteiger partial charge is 0.306 e. The van der Waals surface area contributed by atoms with Gasteiger partial charge in [0, 0.05) is 22.2 Å². The molecule has 0 saturated heterocycles. The third-order valence-corrected chi connectivity index (χ3v) is 15.8. The van der Waals surface area contributed by atoms with Gasteiger partial charge in [-0.25, -0.2) is 9.97 Å². The Balaban J connectivity index is 1.23. The molecule has 7 aromatic carbocycles. The molecule has 11 rings (SSSR count). The number of nitrogens with zero attached hydrogens (tertiary/aromatic N) is 3. The van der Waals surface area contributed by atoms with Crippen LogP contribution >= 0.6 is 0 Å². The van der Waals surface area contributed by atoms with Crippen molar-refractivity contribution in [1.82, 2.24) is 14.5 Å². The van der Waals surface area contributed by atoms with Gasteiger partial charge in [-0.05, 0) is 61.2 Å². The minimum absolute atomic E-state index is 0.745. The summed E-state index contributed by atoms with van der Waals surface area (Å²) in [5.41, 5.74) is 12.6. The Labute approximate surface area is 290 Å². The molecule has 0 bridgehead atoms. The fraction of sp³-hybridized carbons (Fsp3) is 0. The van der Waals surface area contributed by atoms with Crippen LogP contribution in [-0.2, 0) is 0 Å². The van der Waals surface area contributed by atoms with Gasteiger partial charge in [0.1, 0.15) is 5.52 Å². The van der Waals surface area contributed by atoms with Crippen molar-refractivity contribution in [2.75, 3.05) is 0 Å². The lowest BCUT2D eigenvalue weighted by Crippen LogP contribution is -2.70. The maximum Gasteiger partial charge on any atom is 0.182 e. The molecule has 0 radical (unpaired) electrons. The first kappa shape index (κ1) is 27.6. The van der Waals surface area contributed by atoms with E-state index in [0.717, 1.165) is 50.3 Å². The van der Waals surface area contributed by atoms with Gasteiger partial charge in [-0.15, -0.1) is 0 Å². The summed E-state index contributed by atoms with van der Waals surface area (Å²) in [5, 5.41) is 6.95. The predicted molar refractivity (Wildman–Crippen MR) is 209 cm³/mol. The molecule has 0 amide bonds. The molecule has 232 valence electrons. The molecular weight excluding hydrogens is 623 g/mol. The Morgan fingerprint density at radius 2 is 0.960 bits per heavy atom. The van der Waals surface area contributed by atoms with Crippen molar-refractivity contribution in [3.63, 3.8) is 0 Å². The van der Waals surface area contributed by atoms with Crippen molar-refractivity contribution in [2.24, 2.45) is 0 Å². The number of benzene rings is 7. The van der Waals surface area contributed by atoms with E-state index in [2.05, 4.69) is 180 Å². The highest BCUT2D eigenvalue weighted by Gasteiger charge is 2.53. The lowest BCUT2D eigenvalue weighted by Gasteiger charge is -2.28. The second kappa shape index (κ2) is 10.3. The summed E-state index contributed by atoms with van der Waals surface area (Å²) in [5.74, 6) is 0.745. The number of para-hydroxylation sites is 2. The average molecular weight is 652 g/mol. The van der Waals surface area contributed by atoms with Crippen LogP contribution in [0.3, 0.4) is 0 Å². The topological polar surface area (TPSA) is 30.7 Å². The standard InChI is InChI=1S/C46H29N3Si/c1-3-15-30(16-4-1)43-45-44(37-22-7-11-23-38(37)49(45)32-17-5-2-6-18-32)48-46(47-43)31-27-28-36-35-21-10-14-26-41(35)50(42(36)29-31)39-24-12-8-19-33(39)34-20-9-13-25-40(34)50/h1-29H. The molecule has 0 aliphatic carbocycles. The maximum absolute atomic E-state index is 5.48. The molecule has 0 atom stereocenters. The summed E-state index contributed by atoms with van der Waals surface area (Å²) in [6.45, 7) is 0. The second-order valence-corrected chi connectivity index (χ2v) is 16.9. The van der Waals surface area contributed by atoms with Crippen LogP contribution < -0.4 is 20.7 Å². The first-order valence-electron chi connectivity index (χ1n) is 17.2. The van der Waals surface area contributed by atoms with E-state index in [1.165, 1.54) is 43.0 Å². The first-order chi connectivity index (χ1) is 24.8. The van der Waals surface area contributed by atoms with Crippen LogP contribution in [0.5, 0.6) is 0 Å². The van der Waals surface area contributed by atoms with E-state index < -0.39 is 8.07 Å². The van der Waals surface area contributed by atoms with Gasteiger partial charge in [-0.1, -0.05) is 158 Å². The predicted octanol–water partition coefficient (Wildman–Crippen LogP) is 8.25. The van der Waals surface area contributed by atoms with Crippen LogP contribution in [0.4, 0.5) is 0 Å². The lowest BCUT2D eigenvalue weighted by molar-refractivity contribution is 1.15. The highest BCUT2D eigenvalue weighted by molar-refractivity contribution is 7.24. The van der Waals surface area contributed by atoms with Gasteiger partial charge < -0.3 is 4.57 Å². The van der Waals surface area contributed by atoms with E-state index in [-0.39, 0.29) is 0 Å². The van der Waals surface area contributed by atoms with Crippen molar-refractivity contribution >= 4 is 50.8 Å². The van der Waals surface area contributed by atoms with E-state index in [1.807, 2.05) is 0 Å². The molecule has 3 nitrogen and oxygen atoms in total. The number of hydrogen-bond acceptors (Lipinski definition) is 2. The number of rotatable bonds is 3. The van der Waals surface area contributed by atoms with Crippen LogP contribution in [0.15, 0.2) is 176 Å². The fourth-order valence-corrected chi connectivity index (χ4v) is 14.5. The fourth-order valence-electron chi connectivity index (χ4n) is 8.85. The molecule has 0 N–H and O–H groups in total. The Morgan fingerprint density at radius 1 is 0.420 bits per heavy atom. The highest BCUT2D eigenvalue weighted by Crippen LogP contribution is 2.40. The summed E-state index contributed by atoms with van der Waals surface area (Å²) in [6, 6.07) is 64.0. The Kier molecular flexibility index (Phi) is 5.69. The summed E-state index contributed by atoms with van der Waals surface area (Å²) < 4.78 is 2.32. The summed E-state index contributed by atoms with van der Waals surface area (Å²) in [7, 11) is -2.59. The smallest absolute Gasteiger partial charge is 0.182 e. The summed E-state index contributed by atoms with van der Waals surface area (Å²) in [4.78, 5) is 11.0. The van der Waals surface area contributed by atoms with Crippen LogP contribution in [-0.4, -0.2) is 22.6 Å². The molecule has 2 aliphatic rings. The van der Waals surface area contributed by atoms with Crippen LogP contribution in [0.2, 0.25) is 0 Å². The van der Waals surface area contributed by atoms with Crippen molar-refractivity contribution in [1.29, 1.82) is 0 Å². The van der Waals surface area contributed by atoms with Gasteiger partial charge in [0.15, 0.2) is 13.9 Å². The minimum atomic E-state index is -2.59. The molecule has 4 heterocycles. The molecular formula is C46H29N3Si. The third-order valence-electron chi connectivity index (χ3n) is 10.8. The van der Waals surface area contributed by atoms with E-state index in [0.29, 0.717) is 0 Å². The van der Waals surface area contributed by atoms with Crippen LogP contribution in [0.1, 0.15) is 0 Å². The maximum atomic E-state index is 5.48. The Hall–Kier alpha value is -6.36. The number of aromatic nitrogens is 3. The monoisotopic (exact) mass is 651 g/mol. The van der Waals surface area contributed by atoms with E-state index >= 15 is 0 Å². The molecule has 0 unspecified atom stereocenters. The highest BCUT2D eigenvalue weighted by atomic mass is 28.3. The van der Waals surface area contributed by atoms with Crippen molar-refractivity contribution in [3.05, 3.63) is 176 Å². The molecule has 0 saturated carbocycles.